The summed E-state index contributed by atoms with van der Waals surface area (Å²) in [6, 6.07) is 7.10. The van der Waals surface area contributed by atoms with Gasteiger partial charge in [-0.3, -0.25) is 9.69 Å². The lowest BCUT2D eigenvalue weighted by atomic mass is 10.2. The van der Waals surface area contributed by atoms with E-state index in [1.807, 2.05) is 17.0 Å². The molecule has 2 rings (SSSR count). The van der Waals surface area contributed by atoms with Crippen molar-refractivity contribution >= 4 is 17.5 Å². The lowest BCUT2D eigenvalue weighted by molar-refractivity contribution is -0.139. The number of carbonyl (C=O) groups excluding carboxylic acids is 1. The van der Waals surface area contributed by atoms with E-state index >= 15 is 0 Å². The van der Waals surface area contributed by atoms with Gasteiger partial charge in [0.25, 0.3) is 5.91 Å². The van der Waals surface area contributed by atoms with Gasteiger partial charge in [-0.15, -0.1) is 6.58 Å². The average molecular weight is 309 g/mol. The minimum Gasteiger partial charge on any atom is -0.481 e. The summed E-state index contributed by atoms with van der Waals surface area (Å²) >= 11 is 5.91. The Morgan fingerprint density at radius 2 is 2.14 bits per heavy atom. The second-order valence-electron chi connectivity index (χ2n) is 5.13. The molecule has 0 aliphatic carbocycles. The summed E-state index contributed by atoms with van der Waals surface area (Å²) in [7, 11) is 0. The van der Waals surface area contributed by atoms with Crippen LogP contribution < -0.4 is 4.74 Å². The van der Waals surface area contributed by atoms with Crippen molar-refractivity contribution in [3.05, 3.63) is 41.9 Å². The monoisotopic (exact) mass is 308 g/mol. The molecule has 0 saturated carbocycles. The number of nitrogens with zero attached hydrogens (tertiary/aromatic N) is 2. The van der Waals surface area contributed by atoms with E-state index in [0.717, 1.165) is 32.7 Å². The highest BCUT2D eigenvalue weighted by molar-refractivity contribution is 6.30. The van der Waals surface area contributed by atoms with Crippen molar-refractivity contribution in [3.8, 4) is 5.75 Å². The van der Waals surface area contributed by atoms with Crippen LogP contribution in [0, 0.1) is 0 Å². The van der Waals surface area contributed by atoms with Crippen molar-refractivity contribution in [2.24, 2.45) is 0 Å². The first kappa shape index (κ1) is 15.9. The molecular formula is C16H21ClN2O2. The Bertz CT molecular complexity index is 499. The smallest absolute Gasteiger partial charge is 0.263 e. The largest absolute Gasteiger partial charge is 0.481 e. The van der Waals surface area contributed by atoms with Crippen LogP contribution in [0.2, 0.25) is 5.02 Å². The molecule has 1 unspecified atom stereocenters. The Labute approximate surface area is 130 Å². The van der Waals surface area contributed by atoms with Crippen LogP contribution in [0.15, 0.2) is 36.9 Å². The van der Waals surface area contributed by atoms with Crippen molar-refractivity contribution in [3.63, 3.8) is 0 Å². The van der Waals surface area contributed by atoms with Gasteiger partial charge in [-0.2, -0.15) is 0 Å². The second-order valence-corrected chi connectivity index (χ2v) is 5.57. The van der Waals surface area contributed by atoms with Crippen LogP contribution in [-0.2, 0) is 4.79 Å². The third kappa shape index (κ3) is 4.48. The van der Waals surface area contributed by atoms with Crippen molar-refractivity contribution in [2.75, 3.05) is 32.7 Å². The maximum Gasteiger partial charge on any atom is 0.263 e. The number of rotatable bonds is 5. The molecule has 1 amide bonds. The Morgan fingerprint density at radius 1 is 1.43 bits per heavy atom. The normalized spacial score (nSPS) is 17.3. The minimum atomic E-state index is -0.505. The SMILES string of the molecule is C=CCN1CCN(C(=O)C(C)Oc2cccc(Cl)c2)CC1. The molecule has 1 heterocycles. The zero-order valence-corrected chi connectivity index (χ0v) is 13.1. The molecule has 5 heteroatoms. The van der Waals surface area contributed by atoms with Crippen molar-refractivity contribution in [2.45, 2.75) is 13.0 Å². The van der Waals surface area contributed by atoms with Gasteiger partial charge in [-0.1, -0.05) is 23.7 Å². The molecule has 1 aromatic rings. The van der Waals surface area contributed by atoms with Gasteiger partial charge in [0.2, 0.25) is 0 Å². The van der Waals surface area contributed by atoms with Crippen molar-refractivity contribution in [1.29, 1.82) is 0 Å². The van der Waals surface area contributed by atoms with Gasteiger partial charge in [0.1, 0.15) is 5.75 Å². The van der Waals surface area contributed by atoms with E-state index in [2.05, 4.69) is 11.5 Å². The van der Waals surface area contributed by atoms with Gasteiger partial charge in [-0.05, 0) is 25.1 Å². The summed E-state index contributed by atoms with van der Waals surface area (Å²) in [6.07, 6.45) is 1.39. The van der Waals surface area contributed by atoms with E-state index in [4.69, 9.17) is 16.3 Å². The molecule has 0 N–H and O–H groups in total. The molecule has 0 spiro atoms. The lowest BCUT2D eigenvalue weighted by Crippen LogP contribution is -2.51. The topological polar surface area (TPSA) is 32.8 Å². The molecule has 21 heavy (non-hydrogen) atoms. The van der Waals surface area contributed by atoms with Gasteiger partial charge in [0.05, 0.1) is 0 Å². The van der Waals surface area contributed by atoms with Crippen LogP contribution in [0.5, 0.6) is 5.75 Å². The van der Waals surface area contributed by atoms with E-state index in [1.165, 1.54) is 0 Å². The number of carbonyl (C=O) groups is 1. The first-order valence-electron chi connectivity index (χ1n) is 7.14. The molecule has 1 aliphatic heterocycles. The molecule has 1 aliphatic rings. The maximum absolute atomic E-state index is 12.4. The molecule has 1 atom stereocenters. The summed E-state index contributed by atoms with van der Waals surface area (Å²) in [5.74, 6) is 0.641. The van der Waals surface area contributed by atoms with Gasteiger partial charge in [0, 0.05) is 37.7 Å². The molecule has 0 radical (unpaired) electrons. The number of piperazine rings is 1. The number of hydrogen-bond acceptors (Lipinski definition) is 3. The van der Waals surface area contributed by atoms with E-state index in [0.29, 0.717) is 10.8 Å². The summed E-state index contributed by atoms with van der Waals surface area (Å²) < 4.78 is 5.68. The van der Waals surface area contributed by atoms with Gasteiger partial charge in [-0.25, -0.2) is 0 Å². The predicted molar refractivity (Wildman–Crippen MR) is 84.8 cm³/mol. The second kappa shape index (κ2) is 7.48. The fourth-order valence-electron chi connectivity index (χ4n) is 2.39. The standard InChI is InChI=1S/C16H21ClN2O2/c1-3-7-18-8-10-19(11-9-18)16(20)13(2)21-15-6-4-5-14(17)12-15/h3-6,12-13H,1,7-11H2,2H3. The maximum atomic E-state index is 12.4. The first-order chi connectivity index (χ1) is 10.1. The summed E-state index contributed by atoms with van der Waals surface area (Å²) in [4.78, 5) is 16.5. The number of benzene rings is 1. The minimum absolute atomic E-state index is 0.0215. The average Bonchev–Trinajstić information content (AvgIpc) is 2.47. The molecule has 4 nitrogen and oxygen atoms in total. The number of hydrogen-bond donors (Lipinski definition) is 0. The highest BCUT2D eigenvalue weighted by Crippen LogP contribution is 2.19. The van der Waals surface area contributed by atoms with Crippen LogP contribution in [0.25, 0.3) is 0 Å². The number of halogens is 1. The fraction of sp³-hybridized carbons (Fsp3) is 0.438. The van der Waals surface area contributed by atoms with Gasteiger partial charge >= 0.3 is 0 Å². The number of amides is 1. The van der Waals surface area contributed by atoms with Crippen molar-refractivity contribution in [1.82, 2.24) is 9.80 Å². The Kier molecular flexibility index (Phi) is 5.65. The van der Waals surface area contributed by atoms with E-state index < -0.39 is 6.10 Å². The molecule has 0 aromatic heterocycles. The van der Waals surface area contributed by atoms with Crippen molar-refractivity contribution < 1.29 is 9.53 Å². The van der Waals surface area contributed by atoms with E-state index in [1.54, 1.807) is 25.1 Å². The summed E-state index contributed by atoms with van der Waals surface area (Å²) in [5, 5.41) is 0.602. The molecule has 1 aromatic carbocycles. The predicted octanol–water partition coefficient (Wildman–Crippen LogP) is 2.44. The Morgan fingerprint density at radius 3 is 2.76 bits per heavy atom. The van der Waals surface area contributed by atoms with Gasteiger partial charge in [0.15, 0.2) is 6.10 Å². The molecule has 0 bridgehead atoms. The lowest BCUT2D eigenvalue weighted by Gasteiger charge is -2.35. The van der Waals surface area contributed by atoms with E-state index in [-0.39, 0.29) is 5.91 Å². The summed E-state index contributed by atoms with van der Waals surface area (Å²) in [6.45, 7) is 9.60. The summed E-state index contributed by atoms with van der Waals surface area (Å²) in [5.41, 5.74) is 0. The van der Waals surface area contributed by atoms with Gasteiger partial charge < -0.3 is 9.64 Å². The highest BCUT2D eigenvalue weighted by Gasteiger charge is 2.25. The number of ether oxygens (including phenoxy) is 1. The quantitative estimate of drug-likeness (QED) is 0.783. The molecule has 1 saturated heterocycles. The molecular weight excluding hydrogens is 288 g/mol. The molecule has 114 valence electrons. The van der Waals surface area contributed by atoms with E-state index in [9.17, 15) is 4.79 Å². The Hall–Kier alpha value is -1.52. The first-order valence-corrected chi connectivity index (χ1v) is 7.52. The highest BCUT2D eigenvalue weighted by atomic mass is 35.5. The Balaban J connectivity index is 1.87. The van der Waals surface area contributed by atoms with Crippen LogP contribution in [0.3, 0.4) is 0 Å². The van der Waals surface area contributed by atoms with Crippen LogP contribution >= 0.6 is 11.6 Å². The zero-order chi connectivity index (χ0) is 15.2. The molecule has 1 fully saturated rings. The fourth-order valence-corrected chi connectivity index (χ4v) is 2.57. The van der Waals surface area contributed by atoms with Crippen LogP contribution in [0.1, 0.15) is 6.92 Å². The van der Waals surface area contributed by atoms with Crippen LogP contribution in [0.4, 0.5) is 0 Å². The van der Waals surface area contributed by atoms with Crippen LogP contribution in [-0.4, -0.2) is 54.5 Å². The zero-order valence-electron chi connectivity index (χ0n) is 12.3. The third-order valence-electron chi connectivity index (χ3n) is 3.53. The third-order valence-corrected chi connectivity index (χ3v) is 3.76.